The number of hydrogen-bond acceptors (Lipinski definition) is 2. The zero-order chi connectivity index (χ0) is 15.4. The van der Waals surface area contributed by atoms with Crippen LogP contribution in [-0.2, 0) is 0 Å². The third-order valence-electron chi connectivity index (χ3n) is 3.50. The fourth-order valence-corrected chi connectivity index (χ4v) is 2.61. The van der Waals surface area contributed by atoms with E-state index in [1.165, 1.54) is 0 Å². The van der Waals surface area contributed by atoms with Gasteiger partial charge in [0.05, 0.1) is 6.04 Å². The number of pyridine rings is 1. The summed E-state index contributed by atoms with van der Waals surface area (Å²) in [7, 11) is 0. The highest BCUT2D eigenvalue weighted by Gasteiger charge is 2.18. The Morgan fingerprint density at radius 2 is 1.76 bits per heavy atom. The van der Waals surface area contributed by atoms with E-state index in [9.17, 15) is 4.39 Å². The van der Waals surface area contributed by atoms with Crippen molar-refractivity contribution >= 4 is 0 Å². The van der Waals surface area contributed by atoms with Crippen molar-refractivity contribution in [1.29, 1.82) is 0 Å². The average molecular weight is 286 g/mol. The van der Waals surface area contributed by atoms with Crippen LogP contribution in [0.5, 0.6) is 0 Å². The highest BCUT2D eigenvalue weighted by Crippen LogP contribution is 2.26. The van der Waals surface area contributed by atoms with Crippen LogP contribution in [0.4, 0.5) is 4.39 Å². The van der Waals surface area contributed by atoms with Gasteiger partial charge in [0.15, 0.2) is 0 Å². The lowest BCUT2D eigenvalue weighted by molar-refractivity contribution is 0.545. The summed E-state index contributed by atoms with van der Waals surface area (Å²) in [6, 6.07) is 9.20. The van der Waals surface area contributed by atoms with Gasteiger partial charge in [0.2, 0.25) is 0 Å². The molecule has 2 rings (SSSR count). The molecule has 0 bridgehead atoms. The van der Waals surface area contributed by atoms with Crippen LogP contribution >= 0.6 is 0 Å². The van der Waals surface area contributed by atoms with Crippen molar-refractivity contribution in [3.8, 4) is 0 Å². The molecule has 0 spiro atoms. The molecule has 0 saturated heterocycles. The fraction of sp³-hybridized carbons (Fsp3) is 0.389. The first-order chi connectivity index (χ1) is 10.0. The number of aromatic nitrogens is 1. The van der Waals surface area contributed by atoms with Gasteiger partial charge in [-0.25, -0.2) is 4.39 Å². The van der Waals surface area contributed by atoms with Gasteiger partial charge in [0.1, 0.15) is 5.82 Å². The van der Waals surface area contributed by atoms with Gasteiger partial charge >= 0.3 is 0 Å². The Hall–Kier alpha value is -1.74. The minimum absolute atomic E-state index is 0.134. The van der Waals surface area contributed by atoms with Crippen LogP contribution < -0.4 is 5.32 Å². The molecule has 112 valence electrons. The van der Waals surface area contributed by atoms with E-state index in [1.807, 2.05) is 39.0 Å². The van der Waals surface area contributed by atoms with Gasteiger partial charge in [-0.1, -0.05) is 24.6 Å². The van der Waals surface area contributed by atoms with E-state index in [0.29, 0.717) is 5.56 Å². The Balaban J connectivity index is 2.49. The van der Waals surface area contributed by atoms with Crippen LogP contribution in [0.1, 0.15) is 47.5 Å². The number of benzene rings is 1. The second-order valence-electron chi connectivity index (χ2n) is 5.60. The molecule has 21 heavy (non-hydrogen) atoms. The first-order valence-electron chi connectivity index (χ1n) is 7.46. The normalized spacial score (nSPS) is 12.4. The summed E-state index contributed by atoms with van der Waals surface area (Å²) in [4.78, 5) is 4.41. The summed E-state index contributed by atoms with van der Waals surface area (Å²) in [5, 5.41) is 3.46. The molecule has 0 aliphatic rings. The Labute approximate surface area is 126 Å². The number of nitrogens with one attached hydrogen (secondary N) is 1. The molecule has 1 unspecified atom stereocenters. The van der Waals surface area contributed by atoms with Gasteiger partial charge in [0, 0.05) is 17.0 Å². The molecule has 0 fully saturated rings. The van der Waals surface area contributed by atoms with Crippen molar-refractivity contribution in [3.05, 3.63) is 64.2 Å². The lowest BCUT2D eigenvalue weighted by atomic mass is 9.96. The minimum Gasteiger partial charge on any atom is -0.306 e. The summed E-state index contributed by atoms with van der Waals surface area (Å²) in [5.74, 6) is -0.165. The van der Waals surface area contributed by atoms with E-state index in [4.69, 9.17) is 0 Å². The monoisotopic (exact) mass is 286 g/mol. The molecule has 0 amide bonds. The third-order valence-corrected chi connectivity index (χ3v) is 3.50. The summed E-state index contributed by atoms with van der Waals surface area (Å²) in [6.45, 7) is 8.89. The second-order valence-corrected chi connectivity index (χ2v) is 5.60. The smallest absolute Gasteiger partial charge is 0.128 e. The Bertz CT molecular complexity index is 602. The predicted octanol–water partition coefficient (Wildman–Crippen LogP) is 4.23. The maximum Gasteiger partial charge on any atom is 0.128 e. The molecule has 0 aliphatic heterocycles. The zero-order valence-electron chi connectivity index (χ0n) is 13.2. The second kappa shape index (κ2) is 6.81. The quantitative estimate of drug-likeness (QED) is 0.889. The molecule has 3 heteroatoms. The summed E-state index contributed by atoms with van der Waals surface area (Å²) < 4.78 is 14.3. The van der Waals surface area contributed by atoms with E-state index in [1.54, 1.807) is 12.1 Å². The standard InChI is InChI=1S/C18H23FN2/c1-5-8-20-18(15-10-13(3)21-14(4)11-15)16-9-12(2)6-7-17(16)19/h6-7,9-11,18,20H,5,8H2,1-4H3. The SMILES string of the molecule is CCCNC(c1cc(C)nc(C)c1)c1cc(C)ccc1F. The molecule has 1 aromatic carbocycles. The number of aryl methyl sites for hydroxylation is 3. The topological polar surface area (TPSA) is 24.9 Å². The van der Waals surface area contributed by atoms with Gasteiger partial charge in [-0.15, -0.1) is 0 Å². The van der Waals surface area contributed by atoms with E-state index in [-0.39, 0.29) is 11.9 Å². The van der Waals surface area contributed by atoms with Crippen LogP contribution in [-0.4, -0.2) is 11.5 Å². The van der Waals surface area contributed by atoms with Gasteiger partial charge in [-0.3, -0.25) is 4.98 Å². The molecule has 2 nitrogen and oxygen atoms in total. The molecule has 1 N–H and O–H groups in total. The Kier molecular flexibility index (Phi) is 5.07. The van der Waals surface area contributed by atoms with E-state index < -0.39 is 0 Å². The molecule has 1 atom stereocenters. The number of nitrogens with zero attached hydrogens (tertiary/aromatic N) is 1. The summed E-state index contributed by atoms with van der Waals surface area (Å²) in [5.41, 5.74) is 4.76. The molecule has 1 heterocycles. The average Bonchev–Trinajstić information content (AvgIpc) is 2.42. The van der Waals surface area contributed by atoms with Gasteiger partial charge < -0.3 is 5.32 Å². The first-order valence-corrected chi connectivity index (χ1v) is 7.46. The molecule has 0 aliphatic carbocycles. The lowest BCUT2D eigenvalue weighted by Gasteiger charge is -2.21. The highest BCUT2D eigenvalue weighted by molar-refractivity contribution is 5.36. The van der Waals surface area contributed by atoms with Crippen LogP contribution in [0.2, 0.25) is 0 Å². The minimum atomic E-state index is -0.165. The van der Waals surface area contributed by atoms with Crippen molar-refractivity contribution in [2.75, 3.05) is 6.54 Å². The van der Waals surface area contributed by atoms with E-state index in [2.05, 4.69) is 17.2 Å². The van der Waals surface area contributed by atoms with E-state index >= 15 is 0 Å². The van der Waals surface area contributed by atoms with Crippen LogP contribution in [0.3, 0.4) is 0 Å². The van der Waals surface area contributed by atoms with E-state index in [0.717, 1.165) is 35.5 Å². The highest BCUT2D eigenvalue weighted by atomic mass is 19.1. The van der Waals surface area contributed by atoms with Crippen molar-refractivity contribution < 1.29 is 4.39 Å². The molecule has 0 saturated carbocycles. The van der Waals surface area contributed by atoms with Gasteiger partial charge in [-0.05, 0) is 57.5 Å². The van der Waals surface area contributed by atoms with Crippen LogP contribution in [0.15, 0.2) is 30.3 Å². The largest absolute Gasteiger partial charge is 0.306 e. The van der Waals surface area contributed by atoms with Gasteiger partial charge in [-0.2, -0.15) is 0 Å². The predicted molar refractivity (Wildman–Crippen MR) is 85.0 cm³/mol. The Morgan fingerprint density at radius 3 is 2.38 bits per heavy atom. The molecule has 0 radical (unpaired) electrons. The first kappa shape index (κ1) is 15.6. The lowest BCUT2D eigenvalue weighted by Crippen LogP contribution is -2.24. The summed E-state index contributed by atoms with van der Waals surface area (Å²) >= 11 is 0. The van der Waals surface area contributed by atoms with Crippen LogP contribution in [0.25, 0.3) is 0 Å². The van der Waals surface area contributed by atoms with Crippen molar-refractivity contribution in [2.45, 2.75) is 40.2 Å². The molecule has 2 aromatic rings. The number of halogens is 1. The fourth-order valence-electron chi connectivity index (χ4n) is 2.61. The molecular weight excluding hydrogens is 263 g/mol. The Morgan fingerprint density at radius 1 is 1.10 bits per heavy atom. The molecular formula is C18H23FN2. The number of rotatable bonds is 5. The third kappa shape index (κ3) is 3.88. The summed E-state index contributed by atoms with van der Waals surface area (Å²) in [6.07, 6.45) is 1.01. The zero-order valence-corrected chi connectivity index (χ0v) is 13.2. The maximum atomic E-state index is 14.3. The molecule has 1 aromatic heterocycles. The van der Waals surface area contributed by atoms with Crippen LogP contribution in [0, 0.1) is 26.6 Å². The van der Waals surface area contributed by atoms with Crippen molar-refractivity contribution in [2.24, 2.45) is 0 Å². The van der Waals surface area contributed by atoms with Crippen molar-refractivity contribution in [3.63, 3.8) is 0 Å². The number of hydrogen-bond donors (Lipinski definition) is 1. The maximum absolute atomic E-state index is 14.3. The van der Waals surface area contributed by atoms with Crippen molar-refractivity contribution in [1.82, 2.24) is 10.3 Å². The van der Waals surface area contributed by atoms with Gasteiger partial charge in [0.25, 0.3) is 0 Å².